The first-order chi connectivity index (χ1) is 21.4. The van der Waals surface area contributed by atoms with Crippen LogP contribution in [0.25, 0.3) is 0 Å². The van der Waals surface area contributed by atoms with E-state index >= 15 is 0 Å². The monoisotopic (exact) mass is 675 g/mol. The molecule has 0 amide bonds. The fourth-order valence-electron chi connectivity index (χ4n) is 7.15. The van der Waals surface area contributed by atoms with Gasteiger partial charge in [0.2, 0.25) is 0 Å². The maximum absolute atomic E-state index is 14.2. The highest BCUT2D eigenvalue weighted by atomic mass is 79.9. The van der Waals surface area contributed by atoms with Crippen molar-refractivity contribution in [2.45, 2.75) is 79.2 Å². The molecule has 0 aromatic heterocycles. The van der Waals surface area contributed by atoms with Crippen molar-refractivity contribution in [2.75, 3.05) is 26.9 Å². The molecule has 2 aromatic rings. The Labute approximate surface area is 276 Å². The highest BCUT2D eigenvalue weighted by Crippen LogP contribution is 2.55. The van der Waals surface area contributed by atoms with Crippen LogP contribution in [0.2, 0.25) is 0 Å². The maximum atomic E-state index is 14.2. The molecule has 0 spiro atoms. The molecule has 6 nitrogen and oxygen atoms in total. The van der Waals surface area contributed by atoms with Crippen LogP contribution in [-0.4, -0.2) is 43.3 Å². The van der Waals surface area contributed by atoms with Gasteiger partial charge in [0.15, 0.2) is 23.1 Å². The van der Waals surface area contributed by atoms with Gasteiger partial charge in [-0.3, -0.25) is 9.59 Å². The lowest BCUT2D eigenvalue weighted by molar-refractivity contribution is -0.119. The quantitative estimate of drug-likeness (QED) is 0.223. The predicted octanol–water partition coefficient (Wildman–Crippen LogP) is 8.49. The number of carbonyl (C=O) groups is 2. The number of carbonyl (C=O) groups excluding carboxylic acids is 2. The van der Waals surface area contributed by atoms with E-state index in [-0.39, 0.29) is 22.4 Å². The molecule has 0 saturated heterocycles. The minimum Gasteiger partial charge on any atom is -0.490 e. The molecule has 7 heteroatoms. The molecule has 0 saturated carbocycles. The van der Waals surface area contributed by atoms with E-state index in [1.807, 2.05) is 43.3 Å². The smallest absolute Gasteiger partial charge is 0.165 e. The first-order valence-corrected chi connectivity index (χ1v) is 16.7. The van der Waals surface area contributed by atoms with Gasteiger partial charge in [0.05, 0.1) is 13.2 Å². The van der Waals surface area contributed by atoms with Crippen molar-refractivity contribution in [3.05, 3.63) is 92.8 Å². The van der Waals surface area contributed by atoms with Crippen molar-refractivity contribution in [1.82, 2.24) is 4.90 Å². The lowest BCUT2D eigenvalue weighted by atomic mass is 9.63. The van der Waals surface area contributed by atoms with Crippen molar-refractivity contribution < 1.29 is 23.8 Å². The van der Waals surface area contributed by atoms with Gasteiger partial charge < -0.3 is 19.1 Å². The summed E-state index contributed by atoms with van der Waals surface area (Å²) < 4.78 is 19.2. The summed E-state index contributed by atoms with van der Waals surface area (Å²) in [5.41, 5.74) is 6.01. The van der Waals surface area contributed by atoms with Gasteiger partial charge in [-0.15, -0.1) is 6.58 Å². The molecule has 0 radical (unpaired) electrons. The first-order valence-electron chi connectivity index (χ1n) is 15.9. The second-order valence-electron chi connectivity index (χ2n) is 14.0. The number of ketones is 2. The summed E-state index contributed by atoms with van der Waals surface area (Å²) in [7, 11) is 1.69. The lowest BCUT2D eigenvalue weighted by Crippen LogP contribution is -2.45. The van der Waals surface area contributed by atoms with Gasteiger partial charge in [0, 0.05) is 65.0 Å². The molecule has 2 aliphatic carbocycles. The van der Waals surface area contributed by atoms with Crippen LogP contribution in [0.1, 0.15) is 82.9 Å². The average Bonchev–Trinajstić information content (AvgIpc) is 2.95. The predicted molar refractivity (Wildman–Crippen MR) is 181 cm³/mol. The van der Waals surface area contributed by atoms with E-state index in [1.54, 1.807) is 7.11 Å². The summed E-state index contributed by atoms with van der Waals surface area (Å²) in [6, 6.07) is 12.1. The van der Waals surface area contributed by atoms with E-state index in [4.69, 9.17) is 14.2 Å². The fourth-order valence-corrected chi connectivity index (χ4v) is 7.42. The Hall–Kier alpha value is -3.16. The second-order valence-corrected chi connectivity index (χ2v) is 14.9. The highest BCUT2D eigenvalue weighted by molar-refractivity contribution is 9.10. The van der Waals surface area contributed by atoms with E-state index in [9.17, 15) is 9.59 Å². The van der Waals surface area contributed by atoms with Crippen LogP contribution >= 0.6 is 15.9 Å². The normalized spacial score (nSPS) is 19.4. The summed E-state index contributed by atoms with van der Waals surface area (Å²) in [5, 5.41) is 0. The second kappa shape index (κ2) is 13.3. The molecular formula is C38H46BrNO5. The largest absolute Gasteiger partial charge is 0.490 e. The summed E-state index contributed by atoms with van der Waals surface area (Å²) in [5.74, 6) is 1.02. The number of benzene rings is 2. The van der Waals surface area contributed by atoms with Crippen LogP contribution in [0.3, 0.4) is 0 Å². The molecule has 45 heavy (non-hydrogen) atoms. The van der Waals surface area contributed by atoms with Crippen molar-refractivity contribution in [3.63, 3.8) is 0 Å². The third kappa shape index (κ3) is 7.00. The first kappa shape index (κ1) is 33.2. The minimum atomic E-state index is -0.468. The molecule has 0 bridgehead atoms. The average molecular weight is 677 g/mol. The Balaban J connectivity index is 1.70. The van der Waals surface area contributed by atoms with Gasteiger partial charge in [0.25, 0.3) is 0 Å². The SMILES string of the molecule is C=CCc1cc(C2C3=C(CC(C)(C)CC3=O)N(CCOC)C3=C2C(=O)CC(C)(C)C3)cc(OCC)c1OCc1ccc(Br)cc1. The standard InChI is InChI=1S/C38H46BrNO5/c1-8-10-25-17-26(18-32(44-9-2)36(25)45-23-24-11-13-27(39)14-12-24)33-34-28(19-37(3,4)21-30(34)41)40(15-16-43-7)29-20-38(5,6)22-31(42)35(29)33/h8,11-14,17-18,33H,1,9-10,15-16,19-23H2,2-7H3. The summed E-state index contributed by atoms with van der Waals surface area (Å²) >= 11 is 3.50. The van der Waals surface area contributed by atoms with Crippen molar-refractivity contribution in [1.29, 1.82) is 0 Å². The van der Waals surface area contributed by atoms with Crippen LogP contribution < -0.4 is 9.47 Å². The van der Waals surface area contributed by atoms with E-state index in [2.05, 4.69) is 61.2 Å². The zero-order chi connectivity index (χ0) is 32.5. The third-order valence-corrected chi connectivity index (χ3v) is 9.52. The number of methoxy groups -OCH3 is 1. The number of hydrogen-bond donors (Lipinski definition) is 0. The number of hydrogen-bond acceptors (Lipinski definition) is 6. The molecule has 3 aliphatic rings. The van der Waals surface area contributed by atoms with Gasteiger partial charge in [-0.2, -0.15) is 0 Å². The molecular weight excluding hydrogens is 630 g/mol. The van der Waals surface area contributed by atoms with Gasteiger partial charge in [-0.05, 0) is 66.3 Å². The lowest BCUT2D eigenvalue weighted by Gasteiger charge is -2.49. The minimum absolute atomic E-state index is 0.108. The Morgan fingerprint density at radius 3 is 2.07 bits per heavy atom. The number of nitrogens with zero attached hydrogens (tertiary/aromatic N) is 1. The molecule has 5 rings (SSSR count). The molecule has 0 atom stereocenters. The van der Waals surface area contributed by atoms with Crippen molar-refractivity contribution >= 4 is 27.5 Å². The Bertz CT molecular complexity index is 1490. The molecule has 0 fully saturated rings. The summed E-state index contributed by atoms with van der Waals surface area (Å²) in [4.78, 5) is 30.7. The Kier molecular flexibility index (Phi) is 9.81. The number of halogens is 1. The maximum Gasteiger partial charge on any atom is 0.165 e. The van der Waals surface area contributed by atoms with Gasteiger partial charge in [-0.25, -0.2) is 0 Å². The van der Waals surface area contributed by atoms with Crippen molar-refractivity contribution in [3.8, 4) is 11.5 Å². The van der Waals surface area contributed by atoms with E-state index in [1.165, 1.54) is 0 Å². The highest BCUT2D eigenvalue weighted by Gasteiger charge is 2.49. The zero-order valence-electron chi connectivity index (χ0n) is 27.6. The zero-order valence-corrected chi connectivity index (χ0v) is 29.1. The van der Waals surface area contributed by atoms with Crippen LogP contribution in [-0.2, 0) is 27.4 Å². The molecule has 0 N–H and O–H groups in total. The van der Waals surface area contributed by atoms with Crippen LogP contribution in [0.5, 0.6) is 11.5 Å². The van der Waals surface area contributed by atoms with E-state index in [0.29, 0.717) is 57.1 Å². The number of ether oxygens (including phenoxy) is 3. The van der Waals surface area contributed by atoms with Crippen LogP contribution in [0, 0.1) is 10.8 Å². The van der Waals surface area contributed by atoms with Gasteiger partial charge in [-0.1, -0.05) is 67.9 Å². The summed E-state index contributed by atoms with van der Waals surface area (Å²) in [6.07, 6.45) is 4.80. The number of Topliss-reactive ketones (excluding diaryl/α,β-unsaturated/α-hetero) is 2. The fraction of sp³-hybridized carbons (Fsp3) is 0.474. The Morgan fingerprint density at radius 2 is 1.53 bits per heavy atom. The number of allylic oxidation sites excluding steroid dienone is 5. The topological polar surface area (TPSA) is 65.1 Å². The van der Waals surface area contributed by atoms with Gasteiger partial charge >= 0.3 is 0 Å². The molecule has 1 aliphatic heterocycles. The third-order valence-electron chi connectivity index (χ3n) is 8.99. The van der Waals surface area contributed by atoms with Crippen LogP contribution in [0.4, 0.5) is 0 Å². The number of rotatable bonds is 11. The molecule has 1 heterocycles. The van der Waals surface area contributed by atoms with E-state index < -0.39 is 5.92 Å². The van der Waals surface area contributed by atoms with Crippen LogP contribution in [0.15, 0.2) is 76.1 Å². The molecule has 2 aromatic carbocycles. The molecule has 0 unspecified atom stereocenters. The Morgan fingerprint density at radius 1 is 0.933 bits per heavy atom. The van der Waals surface area contributed by atoms with E-state index in [0.717, 1.165) is 56.5 Å². The van der Waals surface area contributed by atoms with Gasteiger partial charge in [0.1, 0.15) is 6.61 Å². The van der Waals surface area contributed by atoms with Crippen molar-refractivity contribution in [2.24, 2.45) is 10.8 Å². The molecule has 240 valence electrons. The summed E-state index contributed by atoms with van der Waals surface area (Å²) in [6.45, 7) is 16.5.